The second kappa shape index (κ2) is 16.3. The van der Waals surface area contributed by atoms with E-state index in [0.29, 0.717) is 38.0 Å². The van der Waals surface area contributed by atoms with Crippen LogP contribution in [-0.2, 0) is 29.1 Å². The summed E-state index contributed by atoms with van der Waals surface area (Å²) in [6.07, 6.45) is 10.3. The third-order valence-electron chi connectivity index (χ3n) is 8.98. The largest absolute Gasteiger partial charge is 0.480 e. The van der Waals surface area contributed by atoms with Crippen molar-refractivity contribution in [3.63, 3.8) is 0 Å². The lowest BCUT2D eigenvalue weighted by Gasteiger charge is -2.21. The summed E-state index contributed by atoms with van der Waals surface area (Å²) in [5.74, 6) is -2.57. The fraction of sp³-hybridized carbons (Fsp3) is 0.625. The molecule has 2 aliphatic carbocycles. The Morgan fingerprint density at radius 1 is 1.04 bits per heavy atom. The predicted molar refractivity (Wildman–Crippen MR) is 171 cm³/mol. The molecule has 4 atom stereocenters. The zero-order valence-corrected chi connectivity index (χ0v) is 27.0. The normalized spacial score (nSPS) is 23.2. The third-order valence-corrected chi connectivity index (χ3v) is 10.4. The van der Waals surface area contributed by atoms with Crippen molar-refractivity contribution in [1.29, 1.82) is 0 Å². The number of hydrogen-bond donors (Lipinski definition) is 6. The van der Waals surface area contributed by atoms with Crippen LogP contribution >= 0.6 is 0 Å². The Hall–Kier alpha value is -3.65. The van der Waals surface area contributed by atoms with E-state index in [0.717, 1.165) is 57.8 Å². The average molecular weight is 662 g/mol. The predicted octanol–water partition coefficient (Wildman–Crippen LogP) is 3.18. The summed E-state index contributed by atoms with van der Waals surface area (Å²) in [6.45, 7) is 4.93. The minimum atomic E-state index is -4.26. The molecule has 0 aromatic heterocycles. The van der Waals surface area contributed by atoms with E-state index in [-0.39, 0.29) is 29.2 Å². The molecule has 4 rings (SSSR count). The highest BCUT2D eigenvalue weighted by Gasteiger charge is 2.61. The number of para-hydroxylation sites is 1. The molecule has 1 heterocycles. The quantitative estimate of drug-likeness (QED) is 0.101. The molecule has 14 heteroatoms. The number of unbranched alkanes of at least 4 members (excludes halogenated alkanes) is 4. The number of rotatable bonds is 18. The Balaban J connectivity index is 1.19. The Labute approximate surface area is 270 Å². The van der Waals surface area contributed by atoms with E-state index >= 15 is 0 Å². The van der Waals surface area contributed by atoms with Crippen LogP contribution in [0, 0.1) is 5.92 Å². The van der Waals surface area contributed by atoms with Crippen molar-refractivity contribution in [2.45, 2.75) is 112 Å². The summed E-state index contributed by atoms with van der Waals surface area (Å²) < 4.78 is 34.2. The summed E-state index contributed by atoms with van der Waals surface area (Å²) in [5, 5.41) is 20.9. The van der Waals surface area contributed by atoms with Gasteiger partial charge < -0.3 is 31.1 Å². The van der Waals surface area contributed by atoms with Crippen LogP contribution in [0.15, 0.2) is 41.8 Å². The first-order valence-corrected chi connectivity index (χ1v) is 17.8. The molecule has 0 unspecified atom stereocenters. The lowest BCUT2D eigenvalue weighted by atomic mass is 10.1. The average Bonchev–Trinajstić information content (AvgIpc) is 3.37. The Morgan fingerprint density at radius 3 is 2.43 bits per heavy atom. The Bertz CT molecular complexity index is 1360. The van der Waals surface area contributed by atoms with Crippen molar-refractivity contribution in [1.82, 2.24) is 20.7 Å². The van der Waals surface area contributed by atoms with Gasteiger partial charge in [-0.15, -0.1) is 6.58 Å². The van der Waals surface area contributed by atoms with Crippen LogP contribution in [0.1, 0.15) is 83.5 Å². The number of carboxylic acid groups (broad SMARTS) is 1. The van der Waals surface area contributed by atoms with E-state index in [1.165, 1.54) is 6.07 Å². The van der Waals surface area contributed by atoms with Crippen molar-refractivity contribution >= 4 is 39.6 Å². The van der Waals surface area contributed by atoms with Gasteiger partial charge in [0, 0.05) is 12.5 Å². The summed E-state index contributed by atoms with van der Waals surface area (Å²) in [4.78, 5) is 49.6. The van der Waals surface area contributed by atoms with Crippen LogP contribution in [0.3, 0.4) is 0 Å². The molecule has 1 aromatic rings. The summed E-state index contributed by atoms with van der Waals surface area (Å²) in [6, 6.07) is 4.92. The summed E-state index contributed by atoms with van der Waals surface area (Å²) in [7, 11) is -4.26. The van der Waals surface area contributed by atoms with E-state index in [1.807, 2.05) is 0 Å². The number of sulfonamides is 1. The van der Waals surface area contributed by atoms with Crippen molar-refractivity contribution in [2.24, 2.45) is 5.92 Å². The van der Waals surface area contributed by atoms with Crippen LogP contribution in [0.25, 0.3) is 0 Å². The van der Waals surface area contributed by atoms with Gasteiger partial charge in [-0.3, -0.25) is 9.59 Å². The number of hydrogen-bond acceptors (Lipinski definition) is 9. The molecule has 0 radical (unpaired) electrons. The zero-order chi connectivity index (χ0) is 33.2. The van der Waals surface area contributed by atoms with E-state index in [1.54, 1.807) is 24.3 Å². The number of nitrogens with one attached hydrogen (secondary N) is 5. The second-order valence-electron chi connectivity index (χ2n) is 12.4. The van der Waals surface area contributed by atoms with Crippen LogP contribution in [0.4, 0.5) is 10.5 Å². The number of aliphatic carboxylic acids is 1. The number of carbonyl (C=O) groups is 4. The fourth-order valence-corrected chi connectivity index (χ4v) is 7.41. The van der Waals surface area contributed by atoms with Crippen molar-refractivity contribution in [3.05, 3.63) is 36.9 Å². The molecule has 254 valence electrons. The molecule has 0 spiro atoms. The Kier molecular flexibility index (Phi) is 12.4. The van der Waals surface area contributed by atoms with Gasteiger partial charge in [-0.1, -0.05) is 43.9 Å². The number of alkyl carbamates (subject to hydrolysis) is 1. The maximum atomic E-state index is 13.3. The SMILES string of the molecule is C=C[C@@H]1C[C@]1(NC(=O)[C@@H]1CCCN1)C(=O)NS(=O)(=O)c1ccccc1NCCCCCCC[C@H](NC(=O)OC1CCCC1)C(=O)O. The molecule has 46 heavy (non-hydrogen) atoms. The number of carbonyl (C=O) groups excluding carboxylic acids is 3. The molecule has 13 nitrogen and oxygen atoms in total. The molecule has 0 bridgehead atoms. The number of amides is 3. The molecule has 1 aliphatic heterocycles. The standard InChI is InChI=1S/C32H47N5O8S/c1-2-22-21-32(22,36-28(38)25-17-12-20-34-25)30(41)37-46(43,44)27-18-10-9-15-24(27)33-19-11-5-3-4-6-16-26(29(39)40)35-31(42)45-23-13-7-8-14-23/h2,9-10,15,18,22-23,25-26,33-34H,1,3-8,11-14,16-17,19-21H2,(H,35,42)(H,36,38)(H,37,41)(H,39,40)/t22-,25+,26+,32-/m1/s1. The first-order chi connectivity index (χ1) is 22.1. The first-order valence-electron chi connectivity index (χ1n) is 16.3. The van der Waals surface area contributed by atoms with Crippen LogP contribution < -0.4 is 26.0 Å². The molecule has 3 fully saturated rings. The first kappa shape index (κ1) is 35.2. The van der Waals surface area contributed by atoms with Gasteiger partial charge >= 0.3 is 12.1 Å². The molecular formula is C32H47N5O8S. The smallest absolute Gasteiger partial charge is 0.408 e. The van der Waals surface area contributed by atoms with Gasteiger partial charge in [0.25, 0.3) is 15.9 Å². The van der Waals surface area contributed by atoms with Gasteiger partial charge in [-0.2, -0.15) is 0 Å². The van der Waals surface area contributed by atoms with Gasteiger partial charge in [-0.05, 0) is 76.5 Å². The van der Waals surface area contributed by atoms with E-state index in [4.69, 9.17) is 4.74 Å². The molecule has 1 aromatic carbocycles. The lowest BCUT2D eigenvalue weighted by molar-refractivity contribution is -0.139. The van der Waals surface area contributed by atoms with E-state index < -0.39 is 45.6 Å². The zero-order valence-electron chi connectivity index (χ0n) is 26.2. The van der Waals surface area contributed by atoms with Gasteiger partial charge in [0.05, 0.1) is 11.7 Å². The van der Waals surface area contributed by atoms with Crippen molar-refractivity contribution < 1.29 is 37.4 Å². The highest BCUT2D eigenvalue weighted by molar-refractivity contribution is 7.90. The molecule has 3 amide bonds. The topological polar surface area (TPSA) is 192 Å². The van der Waals surface area contributed by atoms with Gasteiger partial charge in [0.15, 0.2) is 0 Å². The van der Waals surface area contributed by atoms with E-state index in [9.17, 15) is 32.7 Å². The maximum Gasteiger partial charge on any atom is 0.408 e. The minimum Gasteiger partial charge on any atom is -0.480 e. The van der Waals surface area contributed by atoms with Gasteiger partial charge in [0.1, 0.15) is 22.6 Å². The summed E-state index contributed by atoms with van der Waals surface area (Å²) >= 11 is 0. The van der Waals surface area contributed by atoms with Crippen LogP contribution in [0.2, 0.25) is 0 Å². The number of benzene rings is 1. The number of ether oxygens (including phenoxy) is 1. The monoisotopic (exact) mass is 661 g/mol. The maximum absolute atomic E-state index is 13.3. The number of carboxylic acids is 1. The third kappa shape index (κ3) is 9.44. The minimum absolute atomic E-state index is 0.0724. The van der Waals surface area contributed by atoms with Crippen LogP contribution in [0.5, 0.6) is 0 Å². The highest BCUT2D eigenvalue weighted by atomic mass is 32.2. The van der Waals surface area contributed by atoms with Crippen LogP contribution in [-0.4, -0.2) is 74.2 Å². The van der Waals surface area contributed by atoms with E-state index in [2.05, 4.69) is 32.6 Å². The lowest BCUT2D eigenvalue weighted by Crippen LogP contribution is -2.55. The highest BCUT2D eigenvalue weighted by Crippen LogP contribution is 2.45. The molecule has 1 saturated heterocycles. The molecule has 6 N–H and O–H groups in total. The fourth-order valence-electron chi connectivity index (χ4n) is 6.18. The molecule has 3 aliphatic rings. The Morgan fingerprint density at radius 2 is 1.76 bits per heavy atom. The second-order valence-corrected chi connectivity index (χ2v) is 14.1. The van der Waals surface area contributed by atoms with Crippen molar-refractivity contribution in [2.75, 3.05) is 18.4 Å². The summed E-state index contributed by atoms with van der Waals surface area (Å²) in [5.41, 5.74) is -0.996. The van der Waals surface area contributed by atoms with Gasteiger partial charge in [0.2, 0.25) is 5.91 Å². The van der Waals surface area contributed by atoms with Crippen molar-refractivity contribution in [3.8, 4) is 0 Å². The molecular weight excluding hydrogens is 614 g/mol. The van der Waals surface area contributed by atoms with Gasteiger partial charge in [-0.25, -0.2) is 22.7 Å². The molecule has 2 saturated carbocycles. The number of anilines is 1.